The van der Waals surface area contributed by atoms with E-state index in [-0.39, 0.29) is 5.69 Å². The van der Waals surface area contributed by atoms with Crippen LogP contribution in [0.1, 0.15) is 11.1 Å². The lowest BCUT2D eigenvalue weighted by atomic mass is 10.2. The second-order valence-electron chi connectivity index (χ2n) is 4.83. The Morgan fingerprint density at radius 2 is 1.92 bits per heavy atom. The van der Waals surface area contributed by atoms with Crippen LogP contribution in [0.2, 0.25) is 0 Å². The Hall–Kier alpha value is -3.00. The van der Waals surface area contributed by atoms with E-state index in [1.807, 2.05) is 30.3 Å². The van der Waals surface area contributed by atoms with Gasteiger partial charge < -0.3 is 0 Å². The van der Waals surface area contributed by atoms with Crippen LogP contribution >= 0.6 is 11.8 Å². The molecule has 0 radical (unpaired) electrons. The average molecular weight is 339 g/mol. The molecule has 0 aliphatic carbocycles. The van der Waals surface area contributed by atoms with Crippen molar-refractivity contribution in [3.63, 3.8) is 0 Å². The summed E-state index contributed by atoms with van der Waals surface area (Å²) in [6.45, 7) is 0. The van der Waals surface area contributed by atoms with Crippen molar-refractivity contribution in [3.8, 4) is 0 Å². The molecule has 0 aliphatic heterocycles. The molecule has 0 saturated carbocycles. The first kappa shape index (κ1) is 15.9. The third kappa shape index (κ3) is 4.05. The summed E-state index contributed by atoms with van der Waals surface area (Å²) in [5, 5.41) is 23.5. The summed E-state index contributed by atoms with van der Waals surface area (Å²) in [7, 11) is 0. The van der Waals surface area contributed by atoms with E-state index in [2.05, 4.69) is 15.3 Å². The van der Waals surface area contributed by atoms with Gasteiger partial charge in [0.25, 0.3) is 5.69 Å². The van der Waals surface area contributed by atoms with Gasteiger partial charge in [0.1, 0.15) is 6.33 Å². The molecule has 0 aliphatic rings. The normalized spacial score (nSPS) is 11.0. The second-order valence-corrected chi connectivity index (χ2v) is 5.77. The molecule has 3 rings (SSSR count). The van der Waals surface area contributed by atoms with Crippen molar-refractivity contribution in [1.29, 1.82) is 0 Å². The van der Waals surface area contributed by atoms with E-state index in [9.17, 15) is 10.1 Å². The average Bonchev–Trinajstić information content (AvgIpc) is 3.07. The van der Waals surface area contributed by atoms with Crippen LogP contribution in [0.4, 0.5) is 5.69 Å². The van der Waals surface area contributed by atoms with Crippen molar-refractivity contribution in [2.75, 3.05) is 0 Å². The maximum Gasteiger partial charge on any atom is 0.269 e. The number of nitro groups is 1. The van der Waals surface area contributed by atoms with Gasteiger partial charge in [-0.3, -0.25) is 10.1 Å². The number of non-ortho nitro benzene ring substituents is 1. The summed E-state index contributed by atoms with van der Waals surface area (Å²) in [4.78, 5) is 10.2. The van der Waals surface area contributed by atoms with E-state index < -0.39 is 4.92 Å². The minimum atomic E-state index is -0.432. The van der Waals surface area contributed by atoms with Gasteiger partial charge in [-0.15, -0.1) is 10.2 Å². The standard InChI is InChI=1S/C16H13N5O2S/c22-21(23)15-8-6-13(7-9-15)10-18-20-12-17-19-16(20)24-11-14-4-2-1-3-5-14/h1-10,12H,11H2. The fourth-order valence-corrected chi connectivity index (χ4v) is 2.75. The number of nitrogens with zero attached hydrogens (tertiary/aromatic N) is 5. The zero-order valence-corrected chi connectivity index (χ0v) is 13.3. The molecule has 2 aromatic carbocycles. The molecule has 0 saturated heterocycles. The van der Waals surface area contributed by atoms with E-state index in [1.165, 1.54) is 35.8 Å². The largest absolute Gasteiger partial charge is 0.269 e. The van der Waals surface area contributed by atoms with Crippen molar-refractivity contribution in [2.24, 2.45) is 5.10 Å². The Morgan fingerprint density at radius 1 is 1.17 bits per heavy atom. The molecular formula is C16H13N5O2S. The van der Waals surface area contributed by atoms with Gasteiger partial charge in [-0.25, -0.2) is 0 Å². The first-order valence-corrected chi connectivity index (χ1v) is 8.06. The molecule has 0 spiro atoms. The fraction of sp³-hybridized carbons (Fsp3) is 0.0625. The second kappa shape index (κ2) is 7.51. The van der Waals surface area contributed by atoms with E-state index >= 15 is 0 Å². The van der Waals surface area contributed by atoms with Crippen molar-refractivity contribution in [3.05, 3.63) is 82.2 Å². The number of benzene rings is 2. The molecule has 120 valence electrons. The van der Waals surface area contributed by atoms with Gasteiger partial charge in [0.15, 0.2) is 0 Å². The molecule has 0 amide bonds. The van der Waals surface area contributed by atoms with E-state index in [1.54, 1.807) is 23.0 Å². The maximum absolute atomic E-state index is 10.6. The van der Waals surface area contributed by atoms with Crippen molar-refractivity contribution < 1.29 is 4.92 Å². The molecule has 0 N–H and O–H groups in total. The number of hydrogen-bond donors (Lipinski definition) is 0. The van der Waals surface area contributed by atoms with Crippen LogP contribution in [0.5, 0.6) is 0 Å². The van der Waals surface area contributed by atoms with Crippen LogP contribution in [0.15, 0.2) is 71.2 Å². The number of rotatable bonds is 6. The van der Waals surface area contributed by atoms with Crippen LogP contribution in [0, 0.1) is 10.1 Å². The smallest absolute Gasteiger partial charge is 0.258 e. The summed E-state index contributed by atoms with van der Waals surface area (Å²) in [5.74, 6) is 0.770. The predicted molar refractivity (Wildman–Crippen MR) is 92.1 cm³/mol. The Morgan fingerprint density at radius 3 is 2.62 bits per heavy atom. The lowest BCUT2D eigenvalue weighted by Gasteiger charge is -2.01. The molecule has 3 aromatic rings. The Balaban J connectivity index is 1.67. The Kier molecular flexibility index (Phi) is 4.97. The summed E-state index contributed by atoms with van der Waals surface area (Å²) < 4.78 is 1.58. The van der Waals surface area contributed by atoms with Crippen molar-refractivity contribution >= 4 is 23.7 Å². The monoisotopic (exact) mass is 339 g/mol. The lowest BCUT2D eigenvalue weighted by molar-refractivity contribution is -0.384. The minimum absolute atomic E-state index is 0.0514. The minimum Gasteiger partial charge on any atom is -0.258 e. The zero-order chi connectivity index (χ0) is 16.8. The Labute approximate surface area is 142 Å². The van der Waals surface area contributed by atoms with E-state index in [0.717, 1.165) is 11.3 Å². The predicted octanol–water partition coefficient (Wildman–Crippen LogP) is 3.36. The molecule has 0 atom stereocenters. The molecule has 0 unspecified atom stereocenters. The first-order chi connectivity index (χ1) is 11.7. The summed E-state index contributed by atoms with van der Waals surface area (Å²) in [6, 6.07) is 16.2. The summed E-state index contributed by atoms with van der Waals surface area (Å²) in [6.07, 6.45) is 3.13. The molecule has 0 bridgehead atoms. The summed E-state index contributed by atoms with van der Waals surface area (Å²) in [5.41, 5.74) is 2.00. The third-order valence-corrected chi connectivity index (χ3v) is 4.15. The number of thioether (sulfide) groups is 1. The van der Waals surface area contributed by atoms with Gasteiger partial charge in [-0.2, -0.15) is 9.78 Å². The third-order valence-electron chi connectivity index (χ3n) is 3.15. The van der Waals surface area contributed by atoms with Crippen molar-refractivity contribution in [1.82, 2.24) is 14.9 Å². The molecule has 1 aromatic heterocycles. The van der Waals surface area contributed by atoms with Gasteiger partial charge in [0, 0.05) is 17.9 Å². The zero-order valence-electron chi connectivity index (χ0n) is 12.5. The molecule has 1 heterocycles. The number of nitro benzene ring substituents is 1. The molecule has 7 nitrogen and oxygen atoms in total. The van der Waals surface area contributed by atoms with Gasteiger partial charge in [-0.05, 0) is 23.3 Å². The highest BCUT2D eigenvalue weighted by atomic mass is 32.2. The highest BCUT2D eigenvalue weighted by Gasteiger charge is 2.05. The topological polar surface area (TPSA) is 86.2 Å². The maximum atomic E-state index is 10.6. The van der Waals surface area contributed by atoms with Crippen molar-refractivity contribution in [2.45, 2.75) is 10.9 Å². The van der Waals surface area contributed by atoms with Gasteiger partial charge >= 0.3 is 0 Å². The van der Waals surface area contributed by atoms with Crippen LogP contribution in [-0.4, -0.2) is 26.0 Å². The lowest BCUT2D eigenvalue weighted by Crippen LogP contribution is -1.93. The van der Waals surface area contributed by atoms with Gasteiger partial charge in [0.05, 0.1) is 11.1 Å². The number of aromatic nitrogens is 3. The van der Waals surface area contributed by atoms with Crippen LogP contribution in [-0.2, 0) is 5.75 Å². The molecular weight excluding hydrogens is 326 g/mol. The summed E-state index contributed by atoms with van der Waals surface area (Å²) >= 11 is 1.53. The highest BCUT2D eigenvalue weighted by Crippen LogP contribution is 2.20. The van der Waals surface area contributed by atoms with E-state index in [4.69, 9.17) is 0 Å². The molecule has 24 heavy (non-hydrogen) atoms. The van der Waals surface area contributed by atoms with Crippen LogP contribution in [0.25, 0.3) is 0 Å². The fourth-order valence-electron chi connectivity index (χ4n) is 1.93. The highest BCUT2D eigenvalue weighted by molar-refractivity contribution is 7.98. The van der Waals surface area contributed by atoms with Crippen LogP contribution < -0.4 is 0 Å². The molecule has 0 fully saturated rings. The SMILES string of the molecule is O=[N+]([O-])c1ccc(C=Nn2cnnc2SCc2ccccc2)cc1. The van der Waals surface area contributed by atoms with Gasteiger partial charge in [0.2, 0.25) is 5.16 Å². The van der Waals surface area contributed by atoms with E-state index in [0.29, 0.717) is 5.16 Å². The first-order valence-electron chi connectivity index (χ1n) is 7.08. The molecule has 8 heteroatoms. The van der Waals surface area contributed by atoms with Gasteiger partial charge in [-0.1, -0.05) is 42.1 Å². The quantitative estimate of drug-likeness (QED) is 0.297. The van der Waals surface area contributed by atoms with Crippen LogP contribution in [0.3, 0.4) is 0 Å². The Bertz CT molecular complexity index is 846. The number of hydrogen-bond acceptors (Lipinski definition) is 6.